The first-order valence-electron chi connectivity index (χ1n) is 8.75. The number of carbonyl (C=O) groups excluding carboxylic acids is 3. The maximum Gasteiger partial charge on any atom is 0.328 e. The lowest BCUT2D eigenvalue weighted by Crippen LogP contribution is -2.58. The van der Waals surface area contributed by atoms with Gasteiger partial charge in [0.2, 0.25) is 11.8 Å². The number of amides is 4. The number of hydrogen-bond donors (Lipinski definition) is 2. The Morgan fingerprint density at radius 1 is 1.17 bits per heavy atom. The average Bonchev–Trinajstić information content (AvgIpc) is 2.74. The molecule has 4 amide bonds. The van der Waals surface area contributed by atoms with Gasteiger partial charge in [-0.1, -0.05) is 0 Å². The highest BCUT2D eigenvalue weighted by atomic mass is 16.6. The summed E-state index contributed by atoms with van der Waals surface area (Å²) in [6.45, 7) is -0.215. The van der Waals surface area contributed by atoms with Gasteiger partial charge in [-0.25, -0.2) is 9.69 Å². The topological polar surface area (TPSA) is 140 Å². The molecule has 2 N–H and O–H groups in total. The summed E-state index contributed by atoms with van der Waals surface area (Å²) in [6.07, 6.45) is 0. The molecular formula is C19H18N4O7. The molecule has 1 atom stereocenters. The van der Waals surface area contributed by atoms with E-state index in [1.807, 2.05) is 0 Å². The summed E-state index contributed by atoms with van der Waals surface area (Å²) in [4.78, 5) is 49.1. The number of anilines is 2. The summed E-state index contributed by atoms with van der Waals surface area (Å²) in [7, 11) is 2.82. The summed E-state index contributed by atoms with van der Waals surface area (Å²) in [5, 5.41) is 16.0. The van der Waals surface area contributed by atoms with E-state index in [1.54, 1.807) is 12.1 Å². The smallest absolute Gasteiger partial charge is 0.328 e. The Labute approximate surface area is 170 Å². The number of carbonyl (C=O) groups is 3. The van der Waals surface area contributed by atoms with Crippen molar-refractivity contribution in [1.82, 2.24) is 5.32 Å². The number of urea groups is 1. The van der Waals surface area contributed by atoms with Crippen LogP contribution >= 0.6 is 0 Å². The zero-order valence-corrected chi connectivity index (χ0v) is 16.1. The van der Waals surface area contributed by atoms with Crippen molar-refractivity contribution in [2.75, 3.05) is 31.0 Å². The van der Waals surface area contributed by atoms with Crippen molar-refractivity contribution < 1.29 is 28.8 Å². The van der Waals surface area contributed by atoms with Crippen molar-refractivity contribution >= 4 is 34.9 Å². The van der Waals surface area contributed by atoms with Crippen LogP contribution in [-0.4, -0.2) is 43.5 Å². The Morgan fingerprint density at radius 2 is 1.87 bits per heavy atom. The lowest BCUT2D eigenvalue weighted by Gasteiger charge is -2.30. The molecule has 156 valence electrons. The molecule has 30 heavy (non-hydrogen) atoms. The number of imide groups is 1. The summed E-state index contributed by atoms with van der Waals surface area (Å²) >= 11 is 0. The molecule has 1 unspecified atom stereocenters. The van der Waals surface area contributed by atoms with Crippen LogP contribution in [0.2, 0.25) is 0 Å². The van der Waals surface area contributed by atoms with E-state index >= 15 is 0 Å². The molecule has 0 radical (unpaired) electrons. The van der Waals surface area contributed by atoms with E-state index in [1.165, 1.54) is 38.5 Å². The molecule has 1 aliphatic rings. The number of nitro benzene ring substituents is 1. The highest BCUT2D eigenvalue weighted by Gasteiger charge is 2.39. The summed E-state index contributed by atoms with van der Waals surface area (Å²) in [5.74, 6) is -1.99. The van der Waals surface area contributed by atoms with E-state index in [9.17, 15) is 24.5 Å². The molecular weight excluding hydrogens is 396 g/mol. The van der Waals surface area contributed by atoms with Gasteiger partial charge in [0, 0.05) is 18.7 Å². The number of hydrogen-bond acceptors (Lipinski definition) is 7. The van der Waals surface area contributed by atoms with Crippen LogP contribution in [0, 0.1) is 16.0 Å². The molecule has 11 heteroatoms. The normalized spacial score (nSPS) is 15.9. The molecule has 3 rings (SSSR count). The van der Waals surface area contributed by atoms with Crippen LogP contribution in [0.4, 0.5) is 21.9 Å². The van der Waals surface area contributed by atoms with Crippen molar-refractivity contribution in [2.45, 2.75) is 0 Å². The van der Waals surface area contributed by atoms with Gasteiger partial charge in [0.05, 0.1) is 30.5 Å². The second-order valence-electron chi connectivity index (χ2n) is 6.24. The van der Waals surface area contributed by atoms with Crippen LogP contribution in [0.25, 0.3) is 0 Å². The second kappa shape index (κ2) is 8.47. The fourth-order valence-electron chi connectivity index (χ4n) is 2.92. The highest BCUT2D eigenvalue weighted by Crippen LogP contribution is 2.30. The Hall–Kier alpha value is -4.15. The number of nitro groups is 1. The third kappa shape index (κ3) is 3.99. The molecule has 11 nitrogen and oxygen atoms in total. The number of benzene rings is 2. The van der Waals surface area contributed by atoms with Crippen molar-refractivity contribution in [3.05, 3.63) is 52.6 Å². The van der Waals surface area contributed by atoms with E-state index in [-0.39, 0.29) is 29.4 Å². The summed E-state index contributed by atoms with van der Waals surface area (Å²) in [5.41, 5.74) is 0.0513. The lowest BCUT2D eigenvalue weighted by atomic mass is 10.0. The van der Waals surface area contributed by atoms with Crippen molar-refractivity contribution in [2.24, 2.45) is 5.92 Å². The molecule has 0 spiro atoms. The molecule has 2 aromatic rings. The quantitative estimate of drug-likeness (QED) is 0.418. The predicted octanol–water partition coefficient (Wildman–Crippen LogP) is 1.92. The summed E-state index contributed by atoms with van der Waals surface area (Å²) in [6, 6.07) is 9.21. The fourth-order valence-corrected chi connectivity index (χ4v) is 2.92. The Balaban J connectivity index is 1.84. The van der Waals surface area contributed by atoms with Crippen LogP contribution in [-0.2, 0) is 9.59 Å². The Kier molecular flexibility index (Phi) is 5.81. The van der Waals surface area contributed by atoms with E-state index in [0.29, 0.717) is 5.75 Å². The Bertz CT molecular complexity index is 1010. The molecule has 1 aliphatic heterocycles. The van der Waals surface area contributed by atoms with Crippen molar-refractivity contribution in [3.8, 4) is 11.5 Å². The fraction of sp³-hybridized carbons (Fsp3) is 0.211. The third-order valence-corrected chi connectivity index (χ3v) is 4.48. The van der Waals surface area contributed by atoms with Gasteiger partial charge in [0.1, 0.15) is 17.4 Å². The number of ether oxygens (including phenoxy) is 2. The number of methoxy groups -OCH3 is 2. The van der Waals surface area contributed by atoms with Crippen LogP contribution < -0.4 is 25.0 Å². The van der Waals surface area contributed by atoms with Crippen LogP contribution in [0.3, 0.4) is 0 Å². The zero-order valence-electron chi connectivity index (χ0n) is 16.1. The number of rotatable bonds is 6. The van der Waals surface area contributed by atoms with Gasteiger partial charge in [-0.05, 0) is 30.3 Å². The van der Waals surface area contributed by atoms with Crippen LogP contribution in [0.5, 0.6) is 11.5 Å². The number of non-ortho nitro benzene ring substituents is 1. The standard InChI is InChI=1S/C19H18N4O7/c1-29-13-6-3-11(4-7-13)22-18(25)14(10-20-19(22)26)17(24)21-15-9-12(23(27)28)5-8-16(15)30-2/h3-9,14H,10H2,1-2H3,(H,20,26)(H,21,24). The van der Waals surface area contributed by atoms with E-state index in [2.05, 4.69) is 10.6 Å². The van der Waals surface area contributed by atoms with E-state index in [0.717, 1.165) is 11.0 Å². The largest absolute Gasteiger partial charge is 0.497 e. The first-order valence-corrected chi connectivity index (χ1v) is 8.75. The molecule has 0 saturated carbocycles. The monoisotopic (exact) mass is 414 g/mol. The van der Waals surface area contributed by atoms with Gasteiger partial charge in [0.15, 0.2) is 0 Å². The molecule has 0 bridgehead atoms. The molecule has 0 aliphatic carbocycles. The molecule has 2 aromatic carbocycles. The maximum absolute atomic E-state index is 12.9. The maximum atomic E-state index is 12.9. The molecule has 1 heterocycles. The van der Waals surface area contributed by atoms with Gasteiger partial charge in [-0.3, -0.25) is 19.7 Å². The van der Waals surface area contributed by atoms with Gasteiger partial charge in [-0.2, -0.15) is 0 Å². The first kappa shape index (κ1) is 20.6. The number of nitrogens with zero attached hydrogens (tertiary/aromatic N) is 2. The third-order valence-electron chi connectivity index (χ3n) is 4.48. The van der Waals surface area contributed by atoms with Gasteiger partial charge in [0.25, 0.3) is 5.69 Å². The van der Waals surface area contributed by atoms with Crippen molar-refractivity contribution in [1.29, 1.82) is 0 Å². The number of nitrogens with one attached hydrogen (secondary N) is 2. The van der Waals surface area contributed by atoms with Crippen molar-refractivity contribution in [3.63, 3.8) is 0 Å². The summed E-state index contributed by atoms with van der Waals surface area (Å²) < 4.78 is 10.2. The SMILES string of the molecule is COc1ccc(N2C(=O)NCC(C(=O)Nc3cc([N+](=O)[O-])ccc3OC)C2=O)cc1. The Morgan fingerprint density at radius 3 is 2.47 bits per heavy atom. The zero-order chi connectivity index (χ0) is 21.8. The minimum Gasteiger partial charge on any atom is -0.497 e. The molecule has 0 aromatic heterocycles. The molecule has 1 fully saturated rings. The van der Waals surface area contributed by atoms with E-state index in [4.69, 9.17) is 9.47 Å². The van der Waals surface area contributed by atoms with E-state index < -0.39 is 28.7 Å². The molecule has 1 saturated heterocycles. The van der Waals surface area contributed by atoms with Crippen LogP contribution in [0.1, 0.15) is 0 Å². The minimum atomic E-state index is -1.24. The van der Waals surface area contributed by atoms with Crippen LogP contribution in [0.15, 0.2) is 42.5 Å². The second-order valence-corrected chi connectivity index (χ2v) is 6.24. The van der Waals surface area contributed by atoms with Gasteiger partial charge in [-0.15, -0.1) is 0 Å². The lowest BCUT2D eigenvalue weighted by molar-refractivity contribution is -0.384. The highest BCUT2D eigenvalue weighted by molar-refractivity contribution is 6.23. The minimum absolute atomic E-state index is 0.0393. The first-order chi connectivity index (χ1) is 14.3. The average molecular weight is 414 g/mol. The predicted molar refractivity (Wildman–Crippen MR) is 106 cm³/mol. The van der Waals surface area contributed by atoms with Gasteiger partial charge >= 0.3 is 6.03 Å². The van der Waals surface area contributed by atoms with Gasteiger partial charge < -0.3 is 20.1 Å².